The van der Waals surface area contributed by atoms with E-state index in [0.29, 0.717) is 11.3 Å². The van der Waals surface area contributed by atoms with Gasteiger partial charge < -0.3 is 4.42 Å². The van der Waals surface area contributed by atoms with Crippen molar-refractivity contribution >= 4 is 45.2 Å². The highest BCUT2D eigenvalue weighted by molar-refractivity contribution is 9.10. The summed E-state index contributed by atoms with van der Waals surface area (Å²) >= 11 is 4.99. The number of benzene rings is 1. The third-order valence-corrected chi connectivity index (χ3v) is 5.19. The van der Waals surface area contributed by atoms with Crippen LogP contribution < -0.4 is 10.9 Å². The number of hydrazine groups is 1. The first-order valence-electron chi connectivity index (χ1n) is 7.71. The molecule has 0 saturated carbocycles. The largest absolute Gasteiger partial charge is 0.469 e. The van der Waals surface area contributed by atoms with Crippen molar-refractivity contribution < 1.29 is 14.0 Å². The molecule has 132 valence electrons. The van der Waals surface area contributed by atoms with Crippen molar-refractivity contribution in [3.63, 3.8) is 0 Å². The zero-order chi connectivity index (χ0) is 18.5. The van der Waals surface area contributed by atoms with Crippen LogP contribution in [0.4, 0.5) is 0 Å². The molecule has 0 aliphatic rings. The fourth-order valence-electron chi connectivity index (χ4n) is 2.22. The molecule has 26 heavy (non-hydrogen) atoms. The molecule has 5 nitrogen and oxygen atoms in total. The number of hydrogen-bond donors (Lipinski definition) is 2. The summed E-state index contributed by atoms with van der Waals surface area (Å²) in [6.07, 6.45) is 4.50. The molecule has 0 atom stereocenters. The lowest BCUT2D eigenvalue weighted by molar-refractivity contribution is -0.117. The van der Waals surface area contributed by atoms with Crippen LogP contribution in [-0.2, 0) is 4.79 Å². The number of thiophene rings is 1. The molecular formula is C19H15BrN2O3S. The Morgan fingerprint density at radius 1 is 1.08 bits per heavy atom. The molecule has 0 fully saturated rings. The number of nitrogens with one attached hydrogen (secondary N) is 2. The van der Waals surface area contributed by atoms with Crippen LogP contribution in [-0.4, -0.2) is 11.8 Å². The van der Waals surface area contributed by atoms with Crippen LogP contribution in [0.2, 0.25) is 0 Å². The van der Waals surface area contributed by atoms with Gasteiger partial charge in [0, 0.05) is 20.3 Å². The maximum atomic E-state index is 11.9. The van der Waals surface area contributed by atoms with Crippen LogP contribution in [0.1, 0.15) is 21.0 Å². The minimum absolute atomic E-state index is 0.381. The van der Waals surface area contributed by atoms with E-state index in [1.807, 2.05) is 36.4 Å². The Kier molecular flexibility index (Phi) is 5.70. The quantitative estimate of drug-likeness (QED) is 0.470. The SMILES string of the molecule is Cc1occc1C(=O)NNC(=O)/C=C/c1ccc(-c2ccc(Br)cc2)s1. The predicted octanol–water partition coefficient (Wildman–Crippen LogP) is 4.55. The lowest BCUT2D eigenvalue weighted by atomic mass is 10.2. The second kappa shape index (κ2) is 8.16. The smallest absolute Gasteiger partial charge is 0.273 e. The predicted molar refractivity (Wildman–Crippen MR) is 106 cm³/mol. The van der Waals surface area contributed by atoms with Crippen molar-refractivity contribution in [2.45, 2.75) is 6.92 Å². The first kappa shape index (κ1) is 18.2. The normalized spacial score (nSPS) is 10.8. The fraction of sp³-hybridized carbons (Fsp3) is 0.0526. The first-order valence-corrected chi connectivity index (χ1v) is 9.32. The van der Waals surface area contributed by atoms with Crippen LogP contribution in [0.15, 0.2) is 63.7 Å². The molecule has 2 aromatic heterocycles. The Morgan fingerprint density at radius 3 is 2.54 bits per heavy atom. The van der Waals surface area contributed by atoms with E-state index < -0.39 is 11.8 Å². The molecular weight excluding hydrogens is 416 g/mol. The zero-order valence-electron chi connectivity index (χ0n) is 13.8. The van der Waals surface area contributed by atoms with Gasteiger partial charge in [-0.25, -0.2) is 0 Å². The number of furan rings is 1. The van der Waals surface area contributed by atoms with E-state index in [-0.39, 0.29) is 0 Å². The van der Waals surface area contributed by atoms with Crippen molar-refractivity contribution in [1.29, 1.82) is 0 Å². The van der Waals surface area contributed by atoms with Gasteiger partial charge in [0.25, 0.3) is 11.8 Å². The highest BCUT2D eigenvalue weighted by Crippen LogP contribution is 2.29. The molecule has 2 amide bonds. The molecule has 2 heterocycles. The molecule has 0 aliphatic heterocycles. The average Bonchev–Trinajstić information content (AvgIpc) is 3.27. The Balaban J connectivity index is 1.56. The summed E-state index contributed by atoms with van der Waals surface area (Å²) in [6.45, 7) is 1.68. The van der Waals surface area contributed by atoms with E-state index in [4.69, 9.17) is 4.42 Å². The van der Waals surface area contributed by atoms with Crippen LogP contribution >= 0.6 is 27.3 Å². The number of carbonyl (C=O) groups is 2. The van der Waals surface area contributed by atoms with Gasteiger partial charge in [0.1, 0.15) is 5.76 Å². The number of carbonyl (C=O) groups excluding carboxylic acids is 2. The molecule has 0 saturated heterocycles. The van der Waals surface area contributed by atoms with Crippen molar-refractivity contribution in [2.24, 2.45) is 0 Å². The molecule has 0 bridgehead atoms. The van der Waals surface area contributed by atoms with Crippen LogP contribution in [0.3, 0.4) is 0 Å². The Morgan fingerprint density at radius 2 is 1.85 bits per heavy atom. The van der Waals surface area contributed by atoms with Crippen LogP contribution in [0, 0.1) is 6.92 Å². The summed E-state index contributed by atoms with van der Waals surface area (Å²) in [5.74, 6) is -0.351. The van der Waals surface area contributed by atoms with Gasteiger partial charge in [0.05, 0.1) is 11.8 Å². The lowest BCUT2D eigenvalue weighted by Gasteiger charge is -2.03. The third kappa shape index (κ3) is 4.50. The van der Waals surface area contributed by atoms with Crippen LogP contribution in [0.25, 0.3) is 16.5 Å². The average molecular weight is 431 g/mol. The van der Waals surface area contributed by atoms with Gasteiger partial charge >= 0.3 is 0 Å². The summed E-state index contributed by atoms with van der Waals surface area (Å²) in [6, 6.07) is 13.5. The molecule has 3 rings (SSSR count). The molecule has 0 aliphatic carbocycles. The molecule has 0 radical (unpaired) electrons. The Bertz CT molecular complexity index is 957. The molecule has 0 unspecified atom stereocenters. The minimum Gasteiger partial charge on any atom is -0.469 e. The van der Waals surface area contributed by atoms with Crippen molar-refractivity contribution in [3.8, 4) is 10.4 Å². The van der Waals surface area contributed by atoms with Gasteiger partial charge in [0.15, 0.2) is 0 Å². The van der Waals surface area contributed by atoms with Gasteiger partial charge in [-0.2, -0.15) is 0 Å². The number of halogens is 1. The van der Waals surface area contributed by atoms with E-state index in [9.17, 15) is 9.59 Å². The standard InChI is InChI=1S/C19H15BrN2O3S/c1-12-16(10-11-25-12)19(24)22-21-18(23)9-7-15-6-8-17(26-15)13-2-4-14(20)5-3-13/h2-11H,1H3,(H,21,23)(H,22,24)/b9-7+. The topological polar surface area (TPSA) is 71.3 Å². The first-order chi connectivity index (χ1) is 12.5. The van der Waals surface area contributed by atoms with E-state index in [0.717, 1.165) is 19.8 Å². The van der Waals surface area contributed by atoms with Crippen LogP contribution in [0.5, 0.6) is 0 Å². The highest BCUT2D eigenvalue weighted by atomic mass is 79.9. The summed E-state index contributed by atoms with van der Waals surface area (Å²) in [5.41, 5.74) is 6.19. The van der Waals surface area contributed by atoms with Crippen molar-refractivity contribution in [2.75, 3.05) is 0 Å². The molecule has 0 spiro atoms. The van der Waals surface area contributed by atoms with Gasteiger partial charge in [-0.3, -0.25) is 20.4 Å². The van der Waals surface area contributed by atoms with Crippen molar-refractivity contribution in [1.82, 2.24) is 10.9 Å². The van der Waals surface area contributed by atoms with E-state index in [1.54, 1.807) is 30.4 Å². The number of amides is 2. The molecule has 7 heteroatoms. The summed E-state index contributed by atoms with van der Waals surface area (Å²) in [7, 11) is 0. The summed E-state index contributed by atoms with van der Waals surface area (Å²) < 4.78 is 6.08. The summed E-state index contributed by atoms with van der Waals surface area (Å²) in [4.78, 5) is 25.8. The Labute approximate surface area is 162 Å². The van der Waals surface area contributed by atoms with E-state index in [2.05, 4.69) is 26.8 Å². The maximum Gasteiger partial charge on any atom is 0.273 e. The maximum absolute atomic E-state index is 11.9. The number of hydrogen-bond acceptors (Lipinski definition) is 4. The highest BCUT2D eigenvalue weighted by Gasteiger charge is 2.11. The molecule has 1 aromatic carbocycles. The van der Waals surface area contributed by atoms with Gasteiger partial charge in [-0.15, -0.1) is 11.3 Å². The number of rotatable bonds is 4. The van der Waals surface area contributed by atoms with Gasteiger partial charge in [0.2, 0.25) is 0 Å². The lowest BCUT2D eigenvalue weighted by Crippen LogP contribution is -2.40. The van der Waals surface area contributed by atoms with E-state index in [1.165, 1.54) is 12.3 Å². The van der Waals surface area contributed by atoms with Crippen molar-refractivity contribution in [3.05, 3.63) is 75.5 Å². The van der Waals surface area contributed by atoms with Gasteiger partial charge in [-0.1, -0.05) is 28.1 Å². The minimum atomic E-state index is -0.424. The summed E-state index contributed by atoms with van der Waals surface area (Å²) in [5, 5.41) is 0. The van der Waals surface area contributed by atoms with E-state index >= 15 is 0 Å². The molecule has 2 N–H and O–H groups in total. The monoisotopic (exact) mass is 430 g/mol. The molecule has 3 aromatic rings. The Hall–Kier alpha value is -2.64. The fourth-order valence-corrected chi connectivity index (χ4v) is 3.40. The number of aryl methyl sites for hydroxylation is 1. The zero-order valence-corrected chi connectivity index (χ0v) is 16.2. The second-order valence-electron chi connectivity index (χ2n) is 5.38. The van der Waals surface area contributed by atoms with Gasteiger partial charge in [-0.05, 0) is 48.9 Å². The third-order valence-electron chi connectivity index (χ3n) is 3.56. The second-order valence-corrected chi connectivity index (χ2v) is 7.41.